The number of nitrogens with one attached hydrogen (secondary N) is 1. The molecule has 0 spiro atoms. The molecule has 2 atom stereocenters. The average molecular weight is 452 g/mol. The normalized spacial score (nSPS) is 21.3. The smallest absolute Gasteiger partial charge is 0.251 e. The number of hydrogen-bond donors (Lipinski definition) is 1. The first-order valence-corrected chi connectivity index (χ1v) is 13.0. The van der Waals surface area contributed by atoms with Gasteiger partial charge in [0.2, 0.25) is 0 Å². The van der Waals surface area contributed by atoms with Gasteiger partial charge in [0.05, 0.1) is 5.69 Å². The van der Waals surface area contributed by atoms with Crippen molar-refractivity contribution in [3.05, 3.63) is 59.2 Å². The summed E-state index contributed by atoms with van der Waals surface area (Å²) < 4.78 is 0. The largest absolute Gasteiger partial charge is 0.365 e. The summed E-state index contributed by atoms with van der Waals surface area (Å²) in [6, 6.07) is 14.9. The van der Waals surface area contributed by atoms with Gasteiger partial charge < -0.3 is 15.1 Å². The lowest BCUT2D eigenvalue weighted by Crippen LogP contribution is -2.40. The molecular formula is C27H37N3OS. The minimum absolute atomic E-state index is 0.0408. The molecule has 2 aliphatic heterocycles. The van der Waals surface area contributed by atoms with Crippen LogP contribution >= 0.6 is 11.8 Å². The number of anilines is 1. The molecule has 2 aromatic carbocycles. The summed E-state index contributed by atoms with van der Waals surface area (Å²) in [6.45, 7) is 12.9. The van der Waals surface area contributed by atoms with E-state index in [2.05, 4.69) is 72.3 Å². The van der Waals surface area contributed by atoms with Crippen LogP contribution in [0.1, 0.15) is 48.2 Å². The van der Waals surface area contributed by atoms with Gasteiger partial charge in [-0.1, -0.05) is 43.7 Å². The predicted molar refractivity (Wildman–Crippen MR) is 136 cm³/mol. The quantitative estimate of drug-likeness (QED) is 0.587. The van der Waals surface area contributed by atoms with Gasteiger partial charge in [-0.3, -0.25) is 4.79 Å². The molecule has 1 N–H and O–H groups in total. The number of likely N-dealkylation sites (tertiary alicyclic amines) is 1. The molecule has 4 nitrogen and oxygen atoms in total. The van der Waals surface area contributed by atoms with Crippen molar-refractivity contribution in [1.29, 1.82) is 0 Å². The van der Waals surface area contributed by atoms with E-state index < -0.39 is 0 Å². The summed E-state index contributed by atoms with van der Waals surface area (Å²) in [5.41, 5.74) is 4.54. The van der Waals surface area contributed by atoms with Crippen molar-refractivity contribution in [1.82, 2.24) is 10.2 Å². The van der Waals surface area contributed by atoms with Crippen LogP contribution in [0.25, 0.3) is 0 Å². The van der Waals surface area contributed by atoms with E-state index >= 15 is 0 Å². The van der Waals surface area contributed by atoms with Crippen molar-refractivity contribution < 1.29 is 4.79 Å². The third kappa shape index (κ3) is 6.08. The second-order valence-corrected chi connectivity index (χ2v) is 10.9. The van der Waals surface area contributed by atoms with Gasteiger partial charge in [0.1, 0.15) is 0 Å². The number of fused-ring (bicyclic) bond motifs is 1. The first kappa shape index (κ1) is 23.2. The van der Waals surface area contributed by atoms with Gasteiger partial charge >= 0.3 is 0 Å². The van der Waals surface area contributed by atoms with Crippen molar-refractivity contribution in [3.63, 3.8) is 0 Å². The van der Waals surface area contributed by atoms with Crippen LogP contribution in [0.2, 0.25) is 0 Å². The lowest BCUT2D eigenvalue weighted by Gasteiger charge is -2.34. The molecule has 1 fully saturated rings. The zero-order valence-corrected chi connectivity index (χ0v) is 20.6. The third-order valence-electron chi connectivity index (χ3n) is 6.56. The molecule has 0 aromatic heterocycles. The average Bonchev–Trinajstić information content (AvgIpc) is 2.77. The number of piperidine rings is 1. The minimum atomic E-state index is 0.0408. The Bertz CT molecular complexity index is 904. The first-order valence-electron chi connectivity index (χ1n) is 12.1. The van der Waals surface area contributed by atoms with Gasteiger partial charge in [-0.25, -0.2) is 0 Å². The molecule has 0 radical (unpaired) electrons. The maximum atomic E-state index is 12.8. The number of amides is 1. The van der Waals surface area contributed by atoms with E-state index in [1.165, 1.54) is 41.2 Å². The van der Waals surface area contributed by atoms with E-state index in [4.69, 9.17) is 0 Å². The summed E-state index contributed by atoms with van der Waals surface area (Å²) in [7, 11) is 0. The molecule has 5 heteroatoms. The fourth-order valence-electron chi connectivity index (χ4n) is 5.07. The maximum absolute atomic E-state index is 12.8. The molecule has 4 rings (SSSR count). The number of benzene rings is 2. The molecule has 0 bridgehead atoms. The Labute approximate surface area is 197 Å². The second kappa shape index (κ2) is 10.8. The van der Waals surface area contributed by atoms with Crippen molar-refractivity contribution in [2.45, 2.75) is 45.1 Å². The van der Waals surface area contributed by atoms with E-state index in [0.29, 0.717) is 0 Å². The van der Waals surface area contributed by atoms with E-state index in [0.717, 1.165) is 55.8 Å². The molecule has 0 unspecified atom stereocenters. The van der Waals surface area contributed by atoms with Gasteiger partial charge in [0.25, 0.3) is 5.91 Å². The van der Waals surface area contributed by atoms with Crippen molar-refractivity contribution in [3.8, 4) is 0 Å². The second-order valence-electron chi connectivity index (χ2n) is 9.75. The molecule has 0 saturated carbocycles. The third-order valence-corrected chi connectivity index (χ3v) is 7.60. The van der Waals surface area contributed by atoms with Crippen LogP contribution in [0.5, 0.6) is 0 Å². The van der Waals surface area contributed by atoms with Crippen molar-refractivity contribution in [2.24, 2.45) is 11.8 Å². The summed E-state index contributed by atoms with van der Waals surface area (Å²) >= 11 is 1.88. The van der Waals surface area contributed by atoms with Crippen LogP contribution in [0.3, 0.4) is 0 Å². The molecule has 0 aliphatic carbocycles. The molecule has 1 amide bonds. The summed E-state index contributed by atoms with van der Waals surface area (Å²) in [6.07, 6.45) is 2.34. The van der Waals surface area contributed by atoms with Crippen molar-refractivity contribution in [2.75, 3.05) is 43.4 Å². The van der Waals surface area contributed by atoms with Crippen LogP contribution in [-0.2, 0) is 6.54 Å². The van der Waals surface area contributed by atoms with Gasteiger partial charge in [-0.05, 0) is 61.9 Å². The number of carbonyl (C=O) groups excluding carboxylic acids is 1. The number of aryl methyl sites for hydroxylation is 1. The van der Waals surface area contributed by atoms with Crippen LogP contribution in [0, 0.1) is 18.8 Å². The Morgan fingerprint density at radius 1 is 1.09 bits per heavy atom. The van der Waals surface area contributed by atoms with Crippen molar-refractivity contribution >= 4 is 23.4 Å². The predicted octanol–water partition coefficient (Wildman–Crippen LogP) is 5.21. The van der Waals surface area contributed by atoms with Crippen LogP contribution < -0.4 is 10.2 Å². The maximum Gasteiger partial charge on any atom is 0.251 e. The molecule has 2 heterocycles. The molecule has 1 saturated heterocycles. The topological polar surface area (TPSA) is 35.6 Å². The minimum Gasteiger partial charge on any atom is -0.365 e. The Kier molecular flexibility index (Phi) is 7.80. The lowest BCUT2D eigenvalue weighted by molar-refractivity contribution is 0.0947. The fraction of sp³-hybridized carbons (Fsp3) is 0.519. The molecule has 2 aliphatic rings. The van der Waals surface area contributed by atoms with Gasteiger partial charge in [0, 0.05) is 48.9 Å². The van der Waals surface area contributed by atoms with Crippen LogP contribution in [0.4, 0.5) is 5.69 Å². The number of hydrogen-bond acceptors (Lipinski definition) is 4. The van der Waals surface area contributed by atoms with Crippen LogP contribution in [-0.4, -0.2) is 49.3 Å². The molecule has 172 valence electrons. The molecule has 2 aromatic rings. The SMILES string of the molecule is Cc1ccc(CN2CCSc3ccc(C(=O)NCCCN4C[C@H](C)C[C@H](C)C4)cc32)cc1. The number of carbonyl (C=O) groups is 1. The highest BCUT2D eigenvalue weighted by Crippen LogP contribution is 2.36. The fourth-order valence-corrected chi connectivity index (χ4v) is 6.11. The monoisotopic (exact) mass is 451 g/mol. The summed E-state index contributed by atoms with van der Waals surface area (Å²) in [5.74, 6) is 2.69. The Morgan fingerprint density at radius 3 is 2.59 bits per heavy atom. The van der Waals surface area contributed by atoms with Crippen LogP contribution in [0.15, 0.2) is 47.4 Å². The van der Waals surface area contributed by atoms with Gasteiger partial charge in [-0.2, -0.15) is 0 Å². The molecule has 32 heavy (non-hydrogen) atoms. The Balaban J connectivity index is 1.33. The molecular weight excluding hydrogens is 414 g/mol. The number of nitrogens with zero attached hydrogens (tertiary/aromatic N) is 2. The summed E-state index contributed by atoms with van der Waals surface area (Å²) in [5, 5.41) is 3.15. The highest BCUT2D eigenvalue weighted by Gasteiger charge is 2.22. The summed E-state index contributed by atoms with van der Waals surface area (Å²) in [4.78, 5) is 19.1. The Hall–Kier alpha value is -1.98. The van der Waals surface area contributed by atoms with E-state index in [9.17, 15) is 4.79 Å². The van der Waals surface area contributed by atoms with E-state index in [1.54, 1.807) is 0 Å². The number of thioether (sulfide) groups is 1. The standard InChI is InChI=1S/C27H37N3OS/c1-20-5-7-23(8-6-20)19-30-13-14-32-26-10-9-24(16-25(26)30)27(31)28-11-4-12-29-17-21(2)15-22(3)18-29/h5-10,16,21-22H,4,11-15,17-19H2,1-3H3,(H,28,31)/t21-,22+. The van der Waals surface area contributed by atoms with E-state index in [1.807, 2.05) is 17.8 Å². The lowest BCUT2D eigenvalue weighted by atomic mass is 9.92. The number of rotatable bonds is 7. The highest BCUT2D eigenvalue weighted by molar-refractivity contribution is 7.99. The van der Waals surface area contributed by atoms with Gasteiger partial charge in [0.15, 0.2) is 0 Å². The van der Waals surface area contributed by atoms with Gasteiger partial charge in [-0.15, -0.1) is 11.8 Å². The zero-order chi connectivity index (χ0) is 22.5. The highest BCUT2D eigenvalue weighted by atomic mass is 32.2. The van der Waals surface area contributed by atoms with E-state index in [-0.39, 0.29) is 5.91 Å². The first-order chi connectivity index (χ1) is 15.5. The Morgan fingerprint density at radius 2 is 1.84 bits per heavy atom. The zero-order valence-electron chi connectivity index (χ0n) is 19.8.